The van der Waals surface area contributed by atoms with E-state index in [4.69, 9.17) is 5.26 Å². The van der Waals surface area contributed by atoms with E-state index in [1.165, 1.54) is 7.11 Å². The van der Waals surface area contributed by atoms with E-state index < -0.39 is 0 Å². The first kappa shape index (κ1) is 9.78. The summed E-state index contributed by atoms with van der Waals surface area (Å²) in [5.74, 6) is -0.351. The molecule has 1 rings (SSSR count). The summed E-state index contributed by atoms with van der Waals surface area (Å²) in [5.41, 5.74) is 0.514. The van der Waals surface area contributed by atoms with Gasteiger partial charge in [-0.05, 0) is 0 Å². The second-order valence-electron chi connectivity index (χ2n) is 2.21. The van der Waals surface area contributed by atoms with Crippen molar-refractivity contribution in [2.24, 2.45) is 0 Å². The molecule has 66 valence electrons. The van der Waals surface area contributed by atoms with Crippen molar-refractivity contribution in [3.63, 3.8) is 0 Å². The molecular formula is C9H7NO2Se. The average molecular weight is 240 g/mol. The van der Waals surface area contributed by atoms with Crippen molar-refractivity contribution in [1.82, 2.24) is 0 Å². The fraction of sp³-hybridized carbons (Fsp3) is 0.111. The molecule has 0 aliphatic rings. The van der Waals surface area contributed by atoms with Crippen LogP contribution < -0.4 is 4.46 Å². The van der Waals surface area contributed by atoms with Gasteiger partial charge in [-0.2, -0.15) is 0 Å². The minimum atomic E-state index is -0.351. The van der Waals surface area contributed by atoms with Gasteiger partial charge in [-0.15, -0.1) is 0 Å². The number of rotatable bonds is 2. The molecule has 0 bridgehead atoms. The van der Waals surface area contributed by atoms with Crippen molar-refractivity contribution < 1.29 is 9.53 Å². The van der Waals surface area contributed by atoms with Crippen LogP contribution in [0, 0.1) is 10.2 Å². The van der Waals surface area contributed by atoms with Crippen molar-refractivity contribution in [3.8, 4) is 4.97 Å². The van der Waals surface area contributed by atoms with Crippen LogP contribution >= 0.6 is 0 Å². The molecule has 13 heavy (non-hydrogen) atoms. The molecule has 0 aliphatic carbocycles. The van der Waals surface area contributed by atoms with Crippen LogP contribution in [0.3, 0.4) is 0 Å². The van der Waals surface area contributed by atoms with Crippen LogP contribution in [0.5, 0.6) is 0 Å². The number of carbonyl (C=O) groups is 1. The van der Waals surface area contributed by atoms with E-state index in [0.717, 1.165) is 4.46 Å². The van der Waals surface area contributed by atoms with Gasteiger partial charge in [0.1, 0.15) is 0 Å². The number of hydrogen-bond acceptors (Lipinski definition) is 3. The van der Waals surface area contributed by atoms with Gasteiger partial charge in [0.25, 0.3) is 0 Å². The molecule has 0 spiro atoms. The summed E-state index contributed by atoms with van der Waals surface area (Å²) >= 11 is -0.158. The topological polar surface area (TPSA) is 50.1 Å². The van der Waals surface area contributed by atoms with Gasteiger partial charge in [-0.25, -0.2) is 0 Å². The van der Waals surface area contributed by atoms with Crippen molar-refractivity contribution in [2.75, 3.05) is 7.11 Å². The number of nitrogens with zero attached hydrogens (tertiary/aromatic N) is 1. The Morgan fingerprint density at radius 3 is 2.54 bits per heavy atom. The summed E-state index contributed by atoms with van der Waals surface area (Å²) in [4.78, 5) is 13.1. The van der Waals surface area contributed by atoms with Crippen LogP contribution in [0.25, 0.3) is 0 Å². The summed E-state index contributed by atoms with van der Waals surface area (Å²) < 4.78 is 5.50. The number of nitriles is 1. The van der Waals surface area contributed by atoms with Crippen molar-refractivity contribution in [1.29, 1.82) is 5.26 Å². The first-order valence-electron chi connectivity index (χ1n) is 3.52. The van der Waals surface area contributed by atoms with Gasteiger partial charge in [0.05, 0.1) is 0 Å². The monoisotopic (exact) mass is 241 g/mol. The SMILES string of the molecule is COC(=O)c1ccc([Se]C#N)cc1. The van der Waals surface area contributed by atoms with E-state index >= 15 is 0 Å². The Balaban J connectivity index is 2.82. The summed E-state index contributed by atoms with van der Waals surface area (Å²) in [6.45, 7) is 0. The zero-order chi connectivity index (χ0) is 9.68. The van der Waals surface area contributed by atoms with Gasteiger partial charge >= 0.3 is 82.1 Å². The molecule has 3 nitrogen and oxygen atoms in total. The predicted molar refractivity (Wildman–Crippen MR) is 48.8 cm³/mol. The van der Waals surface area contributed by atoms with E-state index in [2.05, 4.69) is 9.70 Å². The second kappa shape index (κ2) is 4.66. The first-order valence-corrected chi connectivity index (χ1v) is 5.23. The third-order valence-corrected chi connectivity index (χ3v) is 2.70. The Kier molecular flexibility index (Phi) is 3.51. The zero-order valence-corrected chi connectivity index (χ0v) is 8.69. The molecule has 0 aromatic heterocycles. The number of carbonyl (C=O) groups excluding carboxylic acids is 1. The van der Waals surface area contributed by atoms with Gasteiger partial charge in [0.2, 0.25) is 0 Å². The molecule has 1 aromatic carbocycles. The molecule has 0 radical (unpaired) electrons. The maximum atomic E-state index is 11.0. The Morgan fingerprint density at radius 2 is 2.08 bits per heavy atom. The van der Waals surface area contributed by atoms with Gasteiger partial charge in [0.15, 0.2) is 0 Å². The van der Waals surface area contributed by atoms with Crippen LogP contribution in [-0.2, 0) is 4.74 Å². The van der Waals surface area contributed by atoms with Crippen molar-refractivity contribution in [3.05, 3.63) is 29.8 Å². The van der Waals surface area contributed by atoms with Gasteiger partial charge in [-0.1, -0.05) is 0 Å². The Labute approximate surface area is 82.5 Å². The van der Waals surface area contributed by atoms with Crippen LogP contribution in [-0.4, -0.2) is 28.0 Å². The molecular weight excluding hydrogens is 233 g/mol. The minimum absolute atomic E-state index is 0.158. The summed E-state index contributed by atoms with van der Waals surface area (Å²) in [5, 5.41) is 8.43. The van der Waals surface area contributed by atoms with Crippen LogP contribution in [0.15, 0.2) is 24.3 Å². The summed E-state index contributed by atoms with van der Waals surface area (Å²) in [6, 6.07) is 6.88. The Morgan fingerprint density at radius 1 is 1.46 bits per heavy atom. The summed E-state index contributed by atoms with van der Waals surface area (Å²) in [7, 11) is 1.34. The van der Waals surface area contributed by atoms with Gasteiger partial charge < -0.3 is 0 Å². The molecule has 0 atom stereocenters. The predicted octanol–water partition coefficient (Wildman–Crippen LogP) is 0.284. The van der Waals surface area contributed by atoms with E-state index in [-0.39, 0.29) is 20.9 Å². The van der Waals surface area contributed by atoms with E-state index in [9.17, 15) is 4.79 Å². The fourth-order valence-corrected chi connectivity index (χ4v) is 1.62. The van der Waals surface area contributed by atoms with Gasteiger partial charge in [-0.3, -0.25) is 0 Å². The second-order valence-corrected chi connectivity index (χ2v) is 4.01. The molecule has 0 saturated heterocycles. The van der Waals surface area contributed by atoms with Crippen LogP contribution in [0.1, 0.15) is 10.4 Å². The maximum absolute atomic E-state index is 11.0. The molecule has 1 aromatic rings. The Bertz CT molecular complexity index is 340. The third-order valence-electron chi connectivity index (χ3n) is 1.44. The third kappa shape index (κ3) is 2.58. The molecule has 0 heterocycles. The quantitative estimate of drug-likeness (QED) is 0.551. The van der Waals surface area contributed by atoms with Crippen molar-refractivity contribution >= 4 is 25.4 Å². The Hall–Kier alpha value is -1.30. The fourth-order valence-electron chi connectivity index (χ4n) is 0.830. The molecule has 0 N–H and O–H groups in total. The zero-order valence-electron chi connectivity index (χ0n) is 6.98. The normalized spacial score (nSPS) is 8.92. The molecule has 0 saturated carbocycles. The number of esters is 1. The number of benzene rings is 1. The van der Waals surface area contributed by atoms with E-state index in [0.29, 0.717) is 5.56 Å². The van der Waals surface area contributed by atoms with E-state index in [1.54, 1.807) is 24.3 Å². The number of hydrogen-bond donors (Lipinski definition) is 0. The van der Waals surface area contributed by atoms with Crippen LogP contribution in [0.2, 0.25) is 0 Å². The number of methoxy groups -OCH3 is 1. The van der Waals surface area contributed by atoms with Crippen LogP contribution in [0.4, 0.5) is 0 Å². The van der Waals surface area contributed by atoms with Crippen molar-refractivity contribution in [2.45, 2.75) is 0 Å². The van der Waals surface area contributed by atoms with Gasteiger partial charge in [0, 0.05) is 0 Å². The average Bonchev–Trinajstić information content (AvgIpc) is 2.18. The molecule has 0 aliphatic heterocycles. The first-order chi connectivity index (χ1) is 6.27. The standard InChI is InChI=1S/C9H7NO2Se/c1-12-9(11)7-2-4-8(5-3-7)13-6-10/h2-5H,1H3. The molecule has 0 fully saturated rings. The molecule has 4 heteroatoms. The summed E-state index contributed by atoms with van der Waals surface area (Å²) in [6.07, 6.45) is 0. The molecule has 0 unspecified atom stereocenters. The van der Waals surface area contributed by atoms with E-state index in [1.807, 2.05) is 0 Å². The number of ether oxygens (including phenoxy) is 1. The molecule has 0 amide bonds.